The summed E-state index contributed by atoms with van der Waals surface area (Å²) in [6.07, 6.45) is 7.04. The Hall–Kier alpha value is -6.52. The average molecular weight is 867 g/mol. The molecule has 2 aliphatic heterocycles. The van der Waals surface area contributed by atoms with E-state index in [2.05, 4.69) is 200 Å². The molecule has 0 N–H and O–H groups in total. The van der Waals surface area contributed by atoms with Crippen LogP contribution in [0.25, 0.3) is 88.9 Å². The van der Waals surface area contributed by atoms with E-state index in [9.17, 15) is 0 Å². The van der Waals surface area contributed by atoms with Crippen LogP contribution in [0.1, 0.15) is 126 Å². The standard InChI is InChI=1S/C62H66N4/c1-11-43-44(12-2)56-52(40-33-25-20-26-34-40)60-49(17-7)50(18-8)62(66(60)10)54(42-37-29-22-30-38-42)58-46(14-4)45(13-3)57(64-58)53(41-35-27-21-28-36-41)61-48(16-6)47(15-5)59(65(61)9)51(55(43)63-56)39-31-23-19-24-32-39/h19-38H,11-18H2,1-10H3. The Morgan fingerprint density at radius 3 is 0.652 bits per heavy atom. The molecule has 66 heavy (non-hydrogen) atoms. The highest BCUT2D eigenvalue weighted by atomic mass is 15.0. The minimum absolute atomic E-state index is 0.870. The Labute approximate surface area is 393 Å². The summed E-state index contributed by atoms with van der Waals surface area (Å²) in [5.74, 6) is 0. The van der Waals surface area contributed by atoms with E-state index in [1.807, 2.05) is 0 Å². The first-order valence-electron chi connectivity index (χ1n) is 24.8. The van der Waals surface area contributed by atoms with Gasteiger partial charge < -0.3 is 9.13 Å². The maximum atomic E-state index is 6.10. The Balaban J connectivity index is 1.75. The third-order valence-electron chi connectivity index (χ3n) is 14.5. The lowest BCUT2D eigenvalue weighted by atomic mass is 9.90. The SMILES string of the molecule is CCC1=C(CC)c2nc1c(-c1ccccc1)c1c(CC)c(CC)c(c(-c3ccccc3)c3nc(c(-c4ccccc4)c4c(CC)c(CC)c(c2-c2ccccc2)n4C)C(CC)=C3CC)n1C. The normalized spacial score (nSPS) is 12.8. The van der Waals surface area contributed by atoms with Gasteiger partial charge in [-0.25, -0.2) is 9.97 Å². The third kappa shape index (κ3) is 7.03. The molecule has 3 aromatic heterocycles. The summed E-state index contributed by atoms with van der Waals surface area (Å²) in [5.41, 5.74) is 29.8. The van der Waals surface area contributed by atoms with Crippen molar-refractivity contribution in [1.29, 1.82) is 0 Å². The first-order valence-corrected chi connectivity index (χ1v) is 24.8. The molecule has 4 heteroatoms. The van der Waals surface area contributed by atoms with Crippen LogP contribution in [-0.4, -0.2) is 19.1 Å². The van der Waals surface area contributed by atoms with Crippen molar-refractivity contribution in [2.75, 3.05) is 0 Å². The fourth-order valence-electron chi connectivity index (χ4n) is 11.8. The molecule has 9 rings (SSSR count). The van der Waals surface area contributed by atoms with Crippen LogP contribution in [0.2, 0.25) is 0 Å². The molecule has 0 aliphatic carbocycles. The van der Waals surface area contributed by atoms with Crippen molar-refractivity contribution in [1.82, 2.24) is 19.1 Å². The van der Waals surface area contributed by atoms with Crippen LogP contribution in [0.4, 0.5) is 0 Å². The van der Waals surface area contributed by atoms with Gasteiger partial charge in [0.05, 0.1) is 44.8 Å². The summed E-state index contributed by atoms with van der Waals surface area (Å²) in [4.78, 5) is 12.2. The zero-order chi connectivity index (χ0) is 46.2. The van der Waals surface area contributed by atoms with E-state index >= 15 is 0 Å². The summed E-state index contributed by atoms with van der Waals surface area (Å²) in [6.45, 7) is 18.7. The maximum absolute atomic E-state index is 6.10. The molecule has 0 radical (unpaired) electrons. The summed E-state index contributed by atoms with van der Waals surface area (Å²) in [7, 11) is 4.64. The van der Waals surface area contributed by atoms with Gasteiger partial charge in [-0.1, -0.05) is 177 Å². The summed E-state index contributed by atoms with van der Waals surface area (Å²) in [6, 6.07) is 44.5. The molecule has 0 unspecified atom stereocenters. The molecule has 0 saturated heterocycles. The number of rotatable bonds is 12. The van der Waals surface area contributed by atoms with Gasteiger partial charge in [0.15, 0.2) is 0 Å². The van der Waals surface area contributed by atoms with Crippen molar-refractivity contribution in [2.45, 2.75) is 107 Å². The number of nitrogens with zero attached hydrogens (tertiary/aromatic N) is 4. The number of hydrogen-bond acceptors (Lipinski definition) is 2. The van der Waals surface area contributed by atoms with Crippen LogP contribution in [-0.2, 0) is 39.8 Å². The molecule has 4 aromatic carbocycles. The minimum Gasteiger partial charge on any atom is -0.343 e. The van der Waals surface area contributed by atoms with Crippen LogP contribution >= 0.6 is 0 Å². The van der Waals surface area contributed by atoms with Crippen molar-refractivity contribution in [2.24, 2.45) is 14.1 Å². The lowest BCUT2D eigenvalue weighted by Gasteiger charge is -2.14. The van der Waals surface area contributed by atoms with Crippen LogP contribution in [0.3, 0.4) is 0 Å². The first-order chi connectivity index (χ1) is 32.3. The second-order valence-electron chi connectivity index (χ2n) is 17.8. The van der Waals surface area contributed by atoms with Gasteiger partial charge in [0.2, 0.25) is 0 Å². The highest BCUT2D eigenvalue weighted by Gasteiger charge is 2.33. The van der Waals surface area contributed by atoms with Gasteiger partial charge in [-0.2, -0.15) is 0 Å². The monoisotopic (exact) mass is 867 g/mol. The van der Waals surface area contributed by atoms with Crippen LogP contribution < -0.4 is 0 Å². The van der Waals surface area contributed by atoms with Crippen molar-refractivity contribution in [3.63, 3.8) is 0 Å². The highest BCUT2D eigenvalue weighted by Crippen LogP contribution is 2.50. The van der Waals surface area contributed by atoms with Gasteiger partial charge in [0, 0.05) is 36.3 Å². The molecule has 5 heterocycles. The Morgan fingerprint density at radius 1 is 0.288 bits per heavy atom. The number of aromatic nitrogens is 4. The smallest absolute Gasteiger partial charge is 0.0772 e. The first kappa shape index (κ1) is 44.7. The van der Waals surface area contributed by atoms with Crippen molar-refractivity contribution in [3.8, 4) is 44.5 Å². The number of benzene rings is 4. The Kier molecular flexibility index (Phi) is 12.7. The molecule has 2 aliphatic rings. The molecule has 0 atom stereocenters. The molecule has 0 amide bonds. The van der Waals surface area contributed by atoms with Gasteiger partial charge in [-0.05, 0) is 118 Å². The molecular formula is C62H66N4. The van der Waals surface area contributed by atoms with E-state index in [1.54, 1.807) is 0 Å². The molecule has 334 valence electrons. The number of hydrogen-bond donors (Lipinski definition) is 0. The largest absolute Gasteiger partial charge is 0.343 e. The van der Waals surface area contributed by atoms with E-state index in [0.717, 1.165) is 74.1 Å². The predicted octanol–water partition coefficient (Wildman–Crippen LogP) is 16.7. The van der Waals surface area contributed by atoms with Crippen LogP contribution in [0.15, 0.2) is 121 Å². The van der Waals surface area contributed by atoms with Crippen molar-refractivity contribution in [3.05, 3.63) is 166 Å². The lowest BCUT2D eigenvalue weighted by Crippen LogP contribution is -1.99. The second-order valence-corrected chi connectivity index (χ2v) is 17.8. The van der Waals surface area contributed by atoms with E-state index in [0.29, 0.717) is 0 Å². The summed E-state index contributed by atoms with van der Waals surface area (Å²) >= 11 is 0. The molecule has 0 saturated carbocycles. The molecule has 0 spiro atoms. The molecule has 4 nitrogen and oxygen atoms in total. The number of allylic oxidation sites excluding steroid dienone is 4. The number of fused-ring (bicyclic) bond motifs is 8. The fourth-order valence-corrected chi connectivity index (χ4v) is 11.8. The van der Waals surface area contributed by atoms with E-state index in [4.69, 9.17) is 9.97 Å². The van der Waals surface area contributed by atoms with E-state index in [1.165, 1.54) is 111 Å². The average Bonchev–Trinajstić information content (AvgIpc) is 4.08. The fraction of sp³-hybridized carbons (Fsp3) is 0.290. The Morgan fingerprint density at radius 2 is 0.485 bits per heavy atom. The summed E-state index contributed by atoms with van der Waals surface area (Å²) < 4.78 is 5.09. The minimum atomic E-state index is 0.870. The van der Waals surface area contributed by atoms with Gasteiger partial charge in [-0.15, -0.1) is 0 Å². The van der Waals surface area contributed by atoms with Gasteiger partial charge >= 0.3 is 0 Å². The van der Waals surface area contributed by atoms with Crippen molar-refractivity contribution >= 4 is 44.4 Å². The van der Waals surface area contributed by atoms with Gasteiger partial charge in [0.1, 0.15) is 0 Å². The van der Waals surface area contributed by atoms with E-state index in [-0.39, 0.29) is 0 Å². The highest BCUT2D eigenvalue weighted by molar-refractivity contribution is 6.09. The zero-order valence-corrected chi connectivity index (χ0v) is 41.0. The zero-order valence-electron chi connectivity index (χ0n) is 41.0. The predicted molar refractivity (Wildman–Crippen MR) is 284 cm³/mol. The van der Waals surface area contributed by atoms with E-state index < -0.39 is 0 Å². The quantitative estimate of drug-likeness (QED) is 0.123. The maximum Gasteiger partial charge on any atom is 0.0772 e. The molecular weight excluding hydrogens is 801 g/mol. The molecule has 7 aromatic rings. The number of aryl methyl sites for hydroxylation is 6. The van der Waals surface area contributed by atoms with Crippen LogP contribution in [0, 0.1) is 0 Å². The van der Waals surface area contributed by atoms with Crippen molar-refractivity contribution < 1.29 is 0 Å². The molecule has 8 bridgehead atoms. The molecule has 0 fully saturated rings. The topological polar surface area (TPSA) is 35.6 Å². The third-order valence-corrected chi connectivity index (χ3v) is 14.5. The second kappa shape index (κ2) is 18.8. The van der Waals surface area contributed by atoms with Crippen LogP contribution in [0.5, 0.6) is 0 Å². The summed E-state index contributed by atoms with van der Waals surface area (Å²) in [5, 5.41) is 0. The van der Waals surface area contributed by atoms with Gasteiger partial charge in [0.25, 0.3) is 0 Å². The lowest BCUT2D eigenvalue weighted by molar-refractivity contribution is 0.997. The Bertz CT molecular complexity index is 2770. The van der Waals surface area contributed by atoms with Gasteiger partial charge in [-0.3, -0.25) is 0 Å².